The van der Waals surface area contributed by atoms with Gasteiger partial charge in [0.15, 0.2) is 16.7 Å². The van der Waals surface area contributed by atoms with Crippen molar-refractivity contribution in [2.75, 3.05) is 25.6 Å². The molecule has 0 spiro atoms. The molecular weight excluding hydrogens is 393 g/mol. The van der Waals surface area contributed by atoms with Gasteiger partial charge in [-0.1, -0.05) is 11.8 Å². The van der Waals surface area contributed by atoms with Crippen molar-refractivity contribution in [2.24, 2.45) is 13.0 Å². The summed E-state index contributed by atoms with van der Waals surface area (Å²) in [5, 5.41) is 0.831. The van der Waals surface area contributed by atoms with Crippen LogP contribution in [0.1, 0.15) is 6.42 Å². The summed E-state index contributed by atoms with van der Waals surface area (Å²) in [6.45, 7) is 0.232. The predicted molar refractivity (Wildman–Crippen MR) is 98.3 cm³/mol. The molecule has 0 saturated carbocycles. The largest absolute Gasteiger partial charge is 0.454 e. The van der Waals surface area contributed by atoms with Gasteiger partial charge in [-0.05, 0) is 18.6 Å². The third kappa shape index (κ3) is 3.65. The standard InChI is InChI=1S/C17H20FN3O4S2/c1-20-7-5-19-17(20)26-10-12-4-6-21(9-14(12)18)27(22,23)13-2-3-15-16(8-13)25-11-24-15/h2-3,5,7-8,12,14H,4,6,9-11H2,1H3/t12-,14+/m0/s1. The van der Waals surface area contributed by atoms with Gasteiger partial charge in [0, 0.05) is 50.3 Å². The first-order valence-corrected chi connectivity index (χ1v) is 11.0. The second-order valence-electron chi connectivity index (χ2n) is 6.57. The fourth-order valence-electron chi connectivity index (χ4n) is 3.19. The van der Waals surface area contributed by atoms with Crippen LogP contribution >= 0.6 is 11.8 Å². The minimum absolute atomic E-state index is 0.0739. The van der Waals surface area contributed by atoms with Crippen LogP contribution in [0.3, 0.4) is 0 Å². The number of aromatic nitrogens is 2. The molecule has 0 unspecified atom stereocenters. The van der Waals surface area contributed by atoms with Gasteiger partial charge in [-0.25, -0.2) is 17.8 Å². The molecule has 4 rings (SSSR count). The summed E-state index contributed by atoms with van der Waals surface area (Å²) in [6.07, 6.45) is 2.81. The van der Waals surface area contributed by atoms with Gasteiger partial charge < -0.3 is 14.0 Å². The Morgan fingerprint density at radius 2 is 2.15 bits per heavy atom. The van der Waals surface area contributed by atoms with E-state index in [9.17, 15) is 12.8 Å². The molecule has 1 aromatic heterocycles. The number of hydrogen-bond acceptors (Lipinski definition) is 6. The van der Waals surface area contributed by atoms with Crippen molar-refractivity contribution in [3.05, 3.63) is 30.6 Å². The Hall–Kier alpha value is -1.78. The Morgan fingerprint density at radius 1 is 1.33 bits per heavy atom. The highest BCUT2D eigenvalue weighted by Gasteiger charge is 2.36. The van der Waals surface area contributed by atoms with E-state index in [1.807, 2.05) is 17.8 Å². The van der Waals surface area contributed by atoms with Gasteiger partial charge in [0.1, 0.15) is 6.17 Å². The Morgan fingerprint density at radius 3 is 2.89 bits per heavy atom. The Labute approximate surface area is 161 Å². The monoisotopic (exact) mass is 413 g/mol. The van der Waals surface area contributed by atoms with Crippen LogP contribution < -0.4 is 9.47 Å². The zero-order chi connectivity index (χ0) is 19.0. The van der Waals surface area contributed by atoms with E-state index in [1.165, 1.54) is 28.2 Å². The van der Waals surface area contributed by atoms with Crippen LogP contribution in [0.5, 0.6) is 11.5 Å². The maximum atomic E-state index is 14.7. The molecule has 0 amide bonds. The Bertz CT molecular complexity index is 934. The van der Waals surface area contributed by atoms with Crippen LogP contribution in [0.4, 0.5) is 4.39 Å². The number of halogens is 1. The number of fused-ring (bicyclic) bond motifs is 1. The maximum absolute atomic E-state index is 14.7. The van der Waals surface area contributed by atoms with E-state index in [4.69, 9.17) is 9.47 Å². The van der Waals surface area contributed by atoms with Gasteiger partial charge in [0.25, 0.3) is 0 Å². The number of benzene rings is 1. The summed E-state index contributed by atoms with van der Waals surface area (Å²) in [4.78, 5) is 4.32. The summed E-state index contributed by atoms with van der Waals surface area (Å²) in [7, 11) is -1.88. The SMILES string of the molecule is Cn1ccnc1SC[C@@H]1CCN(S(=O)(=O)c2ccc3c(c2)OCO3)C[C@H]1F. The number of nitrogens with zero attached hydrogens (tertiary/aromatic N) is 3. The highest BCUT2D eigenvalue weighted by atomic mass is 32.2. The summed E-state index contributed by atoms with van der Waals surface area (Å²) in [5.41, 5.74) is 0. The molecule has 0 bridgehead atoms. The molecule has 1 fully saturated rings. The number of sulfonamides is 1. The van der Waals surface area contributed by atoms with Gasteiger partial charge in [0.2, 0.25) is 16.8 Å². The van der Waals surface area contributed by atoms with Crippen molar-refractivity contribution in [3.8, 4) is 11.5 Å². The van der Waals surface area contributed by atoms with Gasteiger partial charge in [-0.15, -0.1) is 0 Å². The first-order valence-electron chi connectivity index (χ1n) is 8.59. The zero-order valence-electron chi connectivity index (χ0n) is 14.7. The molecule has 146 valence electrons. The van der Waals surface area contributed by atoms with Crippen LogP contribution in [0, 0.1) is 5.92 Å². The summed E-state index contributed by atoms with van der Waals surface area (Å²) >= 11 is 1.50. The molecule has 10 heteroatoms. The molecule has 1 aromatic carbocycles. The maximum Gasteiger partial charge on any atom is 0.243 e. The minimum atomic E-state index is -3.77. The second kappa shape index (κ2) is 7.33. The topological polar surface area (TPSA) is 73.7 Å². The number of alkyl halides is 1. The Balaban J connectivity index is 1.42. The molecule has 7 nitrogen and oxygen atoms in total. The van der Waals surface area contributed by atoms with E-state index in [2.05, 4.69) is 4.98 Å². The number of aryl methyl sites for hydroxylation is 1. The molecular formula is C17H20FN3O4S2. The lowest BCUT2D eigenvalue weighted by Crippen LogP contribution is -2.45. The lowest BCUT2D eigenvalue weighted by molar-refractivity contribution is 0.146. The first kappa shape index (κ1) is 18.6. The molecule has 2 aliphatic heterocycles. The van der Waals surface area contributed by atoms with Gasteiger partial charge in [-0.2, -0.15) is 4.31 Å². The Kier molecular flexibility index (Phi) is 5.04. The van der Waals surface area contributed by atoms with Crippen molar-refractivity contribution in [3.63, 3.8) is 0 Å². The minimum Gasteiger partial charge on any atom is -0.454 e. The van der Waals surface area contributed by atoms with Crippen molar-refractivity contribution in [1.82, 2.24) is 13.9 Å². The smallest absolute Gasteiger partial charge is 0.243 e. The van der Waals surface area contributed by atoms with Crippen LogP contribution in [-0.4, -0.2) is 54.1 Å². The van der Waals surface area contributed by atoms with E-state index in [0.29, 0.717) is 30.2 Å². The fraction of sp³-hybridized carbons (Fsp3) is 0.471. The average molecular weight is 413 g/mol. The molecule has 1 saturated heterocycles. The van der Waals surface area contributed by atoms with E-state index in [-0.39, 0.29) is 24.2 Å². The molecule has 0 radical (unpaired) electrons. The zero-order valence-corrected chi connectivity index (χ0v) is 16.4. The molecule has 0 aliphatic carbocycles. The highest BCUT2D eigenvalue weighted by Crippen LogP contribution is 2.36. The second-order valence-corrected chi connectivity index (χ2v) is 9.50. The van der Waals surface area contributed by atoms with Crippen LogP contribution in [-0.2, 0) is 17.1 Å². The third-order valence-electron chi connectivity index (χ3n) is 4.82. The van der Waals surface area contributed by atoms with Crippen molar-refractivity contribution in [1.29, 1.82) is 0 Å². The number of thioether (sulfide) groups is 1. The van der Waals surface area contributed by atoms with Crippen molar-refractivity contribution >= 4 is 21.8 Å². The van der Waals surface area contributed by atoms with Crippen LogP contribution in [0.25, 0.3) is 0 Å². The summed E-state index contributed by atoms with van der Waals surface area (Å²) in [6, 6.07) is 4.48. The normalized spacial score (nSPS) is 22.9. The van der Waals surface area contributed by atoms with Crippen LogP contribution in [0.15, 0.2) is 40.6 Å². The van der Waals surface area contributed by atoms with Gasteiger partial charge >= 0.3 is 0 Å². The van der Waals surface area contributed by atoms with Crippen molar-refractivity contribution in [2.45, 2.75) is 22.6 Å². The molecule has 2 atom stereocenters. The van der Waals surface area contributed by atoms with Gasteiger partial charge in [0.05, 0.1) is 4.90 Å². The highest BCUT2D eigenvalue weighted by molar-refractivity contribution is 7.99. The molecule has 0 N–H and O–H groups in total. The van der Waals surface area contributed by atoms with Crippen molar-refractivity contribution < 1.29 is 22.3 Å². The third-order valence-corrected chi connectivity index (χ3v) is 7.93. The lowest BCUT2D eigenvalue weighted by atomic mass is 9.98. The number of rotatable bonds is 5. The molecule has 2 aromatic rings. The quantitative estimate of drug-likeness (QED) is 0.701. The van der Waals surface area contributed by atoms with Gasteiger partial charge in [-0.3, -0.25) is 0 Å². The average Bonchev–Trinajstić information content (AvgIpc) is 3.28. The van der Waals surface area contributed by atoms with Crippen LogP contribution in [0.2, 0.25) is 0 Å². The van der Waals surface area contributed by atoms with E-state index in [0.717, 1.165) is 5.16 Å². The number of hydrogen-bond donors (Lipinski definition) is 0. The molecule has 2 aliphatic rings. The first-order chi connectivity index (χ1) is 12.9. The predicted octanol–water partition coefficient (Wildman–Crippen LogP) is 2.29. The molecule has 3 heterocycles. The van der Waals surface area contributed by atoms with E-state index in [1.54, 1.807) is 12.3 Å². The number of imidazole rings is 1. The number of ether oxygens (including phenoxy) is 2. The summed E-state index contributed by atoms with van der Waals surface area (Å²) in [5.74, 6) is 1.29. The van der Waals surface area contributed by atoms with E-state index >= 15 is 0 Å². The number of piperidine rings is 1. The molecule has 27 heavy (non-hydrogen) atoms. The van der Waals surface area contributed by atoms with E-state index < -0.39 is 16.2 Å². The lowest BCUT2D eigenvalue weighted by Gasteiger charge is -2.33. The summed E-state index contributed by atoms with van der Waals surface area (Å²) < 4.78 is 54.0. The fourth-order valence-corrected chi connectivity index (χ4v) is 5.81.